The Morgan fingerprint density at radius 2 is 2.31 bits per heavy atom. The van der Waals surface area contributed by atoms with Crippen molar-refractivity contribution >= 4 is 11.6 Å². The van der Waals surface area contributed by atoms with Gasteiger partial charge in [0.05, 0.1) is 0 Å². The second-order valence-electron chi connectivity index (χ2n) is 4.72. The lowest BCUT2D eigenvalue weighted by Crippen LogP contribution is -2.38. The third-order valence-electron chi connectivity index (χ3n) is 3.23. The lowest BCUT2D eigenvalue weighted by atomic mass is 9.90. The first kappa shape index (κ1) is 11.9. The molecule has 1 heterocycles. The Labute approximate surface area is 101 Å². The van der Waals surface area contributed by atoms with Crippen molar-refractivity contribution in [3.8, 4) is 0 Å². The molecule has 3 heteroatoms. The van der Waals surface area contributed by atoms with Crippen LogP contribution in [0.5, 0.6) is 0 Å². The molecule has 2 unspecified atom stereocenters. The summed E-state index contributed by atoms with van der Waals surface area (Å²) in [5, 5.41) is 4.13. The average Bonchev–Trinajstić information content (AvgIpc) is 2.24. The van der Waals surface area contributed by atoms with Crippen molar-refractivity contribution < 1.29 is 4.39 Å². The highest BCUT2D eigenvalue weighted by Crippen LogP contribution is 2.23. The number of benzene rings is 1. The highest BCUT2D eigenvalue weighted by Gasteiger charge is 2.19. The van der Waals surface area contributed by atoms with Crippen LogP contribution in [0.2, 0.25) is 5.02 Å². The molecule has 0 aliphatic carbocycles. The van der Waals surface area contributed by atoms with Crippen LogP contribution in [0.3, 0.4) is 0 Å². The van der Waals surface area contributed by atoms with Gasteiger partial charge in [-0.15, -0.1) is 0 Å². The largest absolute Gasteiger partial charge is 0.314 e. The van der Waals surface area contributed by atoms with Crippen LogP contribution < -0.4 is 5.32 Å². The molecule has 2 atom stereocenters. The number of halogens is 2. The standard InChI is InChI=1S/C13H17ClFN/c1-9-4-5-16-12(6-9)8-10-7-11(15)2-3-13(10)14/h2-3,7,9,12,16H,4-6,8H2,1H3. The molecule has 88 valence electrons. The van der Waals surface area contributed by atoms with E-state index < -0.39 is 0 Å². The summed E-state index contributed by atoms with van der Waals surface area (Å²) in [4.78, 5) is 0. The predicted molar refractivity (Wildman–Crippen MR) is 65.3 cm³/mol. The third kappa shape index (κ3) is 2.96. The minimum Gasteiger partial charge on any atom is -0.314 e. The normalized spacial score (nSPS) is 25.7. The summed E-state index contributed by atoms with van der Waals surface area (Å²) in [6, 6.07) is 5.02. The topological polar surface area (TPSA) is 12.0 Å². The van der Waals surface area contributed by atoms with E-state index in [1.165, 1.54) is 12.5 Å². The van der Waals surface area contributed by atoms with Crippen LogP contribution in [0.15, 0.2) is 18.2 Å². The summed E-state index contributed by atoms with van der Waals surface area (Å²) in [6.07, 6.45) is 3.20. The number of nitrogens with one attached hydrogen (secondary N) is 1. The van der Waals surface area contributed by atoms with Crippen molar-refractivity contribution in [1.82, 2.24) is 5.32 Å². The Balaban J connectivity index is 2.05. The zero-order chi connectivity index (χ0) is 11.5. The van der Waals surface area contributed by atoms with Gasteiger partial charge in [-0.05, 0) is 55.5 Å². The molecule has 0 amide bonds. The molecule has 16 heavy (non-hydrogen) atoms. The van der Waals surface area contributed by atoms with Crippen LogP contribution in [-0.2, 0) is 6.42 Å². The lowest BCUT2D eigenvalue weighted by molar-refractivity contribution is 0.318. The first-order valence-electron chi connectivity index (χ1n) is 5.82. The molecule has 1 fully saturated rings. The van der Waals surface area contributed by atoms with Crippen molar-refractivity contribution in [2.45, 2.75) is 32.2 Å². The summed E-state index contributed by atoms with van der Waals surface area (Å²) >= 11 is 6.06. The summed E-state index contributed by atoms with van der Waals surface area (Å²) < 4.78 is 13.1. The molecule has 1 saturated heterocycles. The van der Waals surface area contributed by atoms with Crippen LogP contribution in [-0.4, -0.2) is 12.6 Å². The van der Waals surface area contributed by atoms with E-state index in [4.69, 9.17) is 11.6 Å². The molecule has 1 aromatic carbocycles. The minimum atomic E-state index is -0.205. The molecule has 0 bridgehead atoms. The fraction of sp³-hybridized carbons (Fsp3) is 0.538. The molecule has 1 nitrogen and oxygen atoms in total. The summed E-state index contributed by atoms with van der Waals surface area (Å²) in [7, 11) is 0. The van der Waals surface area contributed by atoms with Crippen molar-refractivity contribution in [3.05, 3.63) is 34.6 Å². The van der Waals surface area contributed by atoms with Gasteiger partial charge in [0.15, 0.2) is 0 Å². The first-order chi connectivity index (χ1) is 7.65. The molecule has 0 aromatic heterocycles. The Morgan fingerprint density at radius 3 is 3.06 bits per heavy atom. The molecular weight excluding hydrogens is 225 g/mol. The van der Waals surface area contributed by atoms with E-state index in [-0.39, 0.29) is 5.82 Å². The van der Waals surface area contributed by atoms with Crippen molar-refractivity contribution in [3.63, 3.8) is 0 Å². The quantitative estimate of drug-likeness (QED) is 0.837. The van der Waals surface area contributed by atoms with E-state index in [9.17, 15) is 4.39 Å². The second-order valence-corrected chi connectivity index (χ2v) is 5.13. The van der Waals surface area contributed by atoms with Crippen molar-refractivity contribution in [2.24, 2.45) is 5.92 Å². The third-order valence-corrected chi connectivity index (χ3v) is 3.60. The Bertz CT molecular complexity index is 367. The molecule has 1 N–H and O–H groups in total. The van der Waals surface area contributed by atoms with Gasteiger partial charge in [-0.3, -0.25) is 0 Å². The van der Waals surface area contributed by atoms with Gasteiger partial charge in [-0.1, -0.05) is 18.5 Å². The van der Waals surface area contributed by atoms with Gasteiger partial charge in [-0.25, -0.2) is 4.39 Å². The number of piperidine rings is 1. The number of rotatable bonds is 2. The van der Waals surface area contributed by atoms with Gasteiger partial charge < -0.3 is 5.32 Å². The van der Waals surface area contributed by atoms with E-state index in [0.29, 0.717) is 11.1 Å². The summed E-state index contributed by atoms with van der Waals surface area (Å²) in [5.41, 5.74) is 0.910. The van der Waals surface area contributed by atoms with E-state index in [0.717, 1.165) is 30.9 Å². The molecular formula is C13H17ClFN. The van der Waals surface area contributed by atoms with Crippen LogP contribution in [0.25, 0.3) is 0 Å². The van der Waals surface area contributed by atoms with E-state index in [1.807, 2.05) is 0 Å². The van der Waals surface area contributed by atoms with E-state index in [1.54, 1.807) is 12.1 Å². The fourth-order valence-electron chi connectivity index (χ4n) is 2.34. The highest BCUT2D eigenvalue weighted by molar-refractivity contribution is 6.31. The summed E-state index contributed by atoms with van der Waals surface area (Å²) in [5.74, 6) is 0.543. The van der Waals surface area contributed by atoms with Crippen molar-refractivity contribution in [2.75, 3.05) is 6.54 Å². The van der Waals surface area contributed by atoms with Crippen LogP contribution in [0.1, 0.15) is 25.3 Å². The average molecular weight is 242 g/mol. The highest BCUT2D eigenvalue weighted by atomic mass is 35.5. The maximum atomic E-state index is 13.1. The Hall–Kier alpha value is -0.600. The molecule has 0 spiro atoms. The second kappa shape index (κ2) is 5.15. The fourth-order valence-corrected chi connectivity index (χ4v) is 2.54. The molecule has 0 saturated carbocycles. The molecule has 2 rings (SSSR count). The smallest absolute Gasteiger partial charge is 0.123 e. The van der Waals surface area contributed by atoms with Gasteiger partial charge in [0, 0.05) is 11.1 Å². The van der Waals surface area contributed by atoms with Gasteiger partial charge in [0.1, 0.15) is 5.82 Å². The van der Waals surface area contributed by atoms with Crippen molar-refractivity contribution in [1.29, 1.82) is 0 Å². The molecule has 1 aliphatic rings. The van der Waals surface area contributed by atoms with Gasteiger partial charge >= 0.3 is 0 Å². The predicted octanol–water partition coefficient (Wildman–Crippen LogP) is 3.41. The lowest BCUT2D eigenvalue weighted by Gasteiger charge is -2.28. The maximum Gasteiger partial charge on any atom is 0.123 e. The number of hydrogen-bond donors (Lipinski definition) is 1. The Morgan fingerprint density at radius 1 is 1.50 bits per heavy atom. The van der Waals surface area contributed by atoms with Gasteiger partial charge in [0.25, 0.3) is 0 Å². The zero-order valence-corrected chi connectivity index (χ0v) is 10.2. The van der Waals surface area contributed by atoms with Crippen LogP contribution >= 0.6 is 11.6 Å². The van der Waals surface area contributed by atoms with Crippen LogP contribution in [0.4, 0.5) is 4.39 Å². The molecule has 1 aromatic rings. The van der Waals surface area contributed by atoms with Gasteiger partial charge in [0.2, 0.25) is 0 Å². The Kier molecular flexibility index (Phi) is 3.82. The monoisotopic (exact) mass is 241 g/mol. The van der Waals surface area contributed by atoms with E-state index >= 15 is 0 Å². The van der Waals surface area contributed by atoms with E-state index in [2.05, 4.69) is 12.2 Å². The summed E-state index contributed by atoms with van der Waals surface area (Å²) in [6.45, 7) is 3.32. The minimum absolute atomic E-state index is 0.205. The zero-order valence-electron chi connectivity index (χ0n) is 9.47. The molecule has 0 radical (unpaired) electrons. The number of hydrogen-bond acceptors (Lipinski definition) is 1. The van der Waals surface area contributed by atoms with Crippen LogP contribution in [0, 0.1) is 11.7 Å². The maximum absolute atomic E-state index is 13.1. The molecule has 1 aliphatic heterocycles. The van der Waals surface area contributed by atoms with Gasteiger partial charge in [-0.2, -0.15) is 0 Å². The first-order valence-corrected chi connectivity index (χ1v) is 6.20. The SMILES string of the molecule is CC1CCNC(Cc2cc(F)ccc2Cl)C1.